The third kappa shape index (κ3) is 2.84. The molecule has 0 aliphatic rings. The average Bonchev–Trinajstić information content (AvgIpc) is 2.86. The Labute approximate surface area is 98.8 Å². The first kappa shape index (κ1) is 11.2. The lowest BCUT2D eigenvalue weighted by molar-refractivity contribution is 0.102. The fourth-order valence-corrected chi connectivity index (χ4v) is 1.38. The molecular weight excluding hydrogens is 218 g/mol. The molecule has 1 aromatic carbocycles. The van der Waals surface area contributed by atoms with Gasteiger partial charge in [-0.1, -0.05) is 0 Å². The smallest absolute Gasteiger partial charge is 0.273 e. The highest BCUT2D eigenvalue weighted by molar-refractivity contribution is 6.02. The van der Waals surface area contributed by atoms with Crippen LogP contribution < -0.4 is 10.1 Å². The average molecular weight is 231 g/mol. The second kappa shape index (κ2) is 5.16. The summed E-state index contributed by atoms with van der Waals surface area (Å²) >= 11 is 0. The molecule has 0 radical (unpaired) electrons. The van der Waals surface area contributed by atoms with E-state index in [4.69, 9.17) is 4.74 Å². The van der Waals surface area contributed by atoms with E-state index in [2.05, 4.69) is 15.5 Å². The Hall–Kier alpha value is -2.30. The second-order valence-electron chi connectivity index (χ2n) is 3.38. The monoisotopic (exact) mass is 231 g/mol. The molecule has 17 heavy (non-hydrogen) atoms. The van der Waals surface area contributed by atoms with Gasteiger partial charge in [0, 0.05) is 11.9 Å². The van der Waals surface area contributed by atoms with Crippen molar-refractivity contribution in [3.63, 3.8) is 0 Å². The zero-order valence-electron chi connectivity index (χ0n) is 9.43. The Kier molecular flexibility index (Phi) is 3.40. The van der Waals surface area contributed by atoms with E-state index in [9.17, 15) is 4.79 Å². The lowest BCUT2D eigenvalue weighted by Gasteiger charge is -2.05. The van der Waals surface area contributed by atoms with Crippen LogP contribution in [0.15, 0.2) is 36.5 Å². The summed E-state index contributed by atoms with van der Waals surface area (Å²) in [7, 11) is 0. The number of nitrogens with zero attached hydrogens (tertiary/aromatic N) is 1. The van der Waals surface area contributed by atoms with Crippen molar-refractivity contribution in [1.82, 2.24) is 10.2 Å². The third-order valence-corrected chi connectivity index (χ3v) is 2.17. The fraction of sp³-hybridized carbons (Fsp3) is 0.167. The van der Waals surface area contributed by atoms with Gasteiger partial charge >= 0.3 is 0 Å². The Morgan fingerprint density at radius 2 is 2.12 bits per heavy atom. The molecule has 0 saturated heterocycles. The molecule has 88 valence electrons. The number of benzene rings is 1. The number of aromatic amines is 1. The summed E-state index contributed by atoms with van der Waals surface area (Å²) < 4.78 is 5.31. The van der Waals surface area contributed by atoms with Gasteiger partial charge in [-0.15, -0.1) is 0 Å². The van der Waals surface area contributed by atoms with E-state index >= 15 is 0 Å². The minimum Gasteiger partial charge on any atom is -0.494 e. The van der Waals surface area contributed by atoms with Crippen molar-refractivity contribution in [3.05, 3.63) is 42.2 Å². The zero-order valence-corrected chi connectivity index (χ0v) is 9.43. The van der Waals surface area contributed by atoms with Crippen LogP contribution in [0.4, 0.5) is 5.69 Å². The lowest BCUT2D eigenvalue weighted by atomic mass is 10.3. The number of H-pyrrole nitrogens is 1. The predicted octanol–water partition coefficient (Wildman–Crippen LogP) is 2.06. The number of carbonyl (C=O) groups is 1. The molecule has 0 saturated carbocycles. The van der Waals surface area contributed by atoms with E-state index in [0.717, 1.165) is 5.75 Å². The number of amides is 1. The predicted molar refractivity (Wildman–Crippen MR) is 64.2 cm³/mol. The summed E-state index contributed by atoms with van der Waals surface area (Å²) in [5.74, 6) is 0.568. The first-order chi connectivity index (χ1) is 8.29. The topological polar surface area (TPSA) is 67.0 Å². The number of nitrogens with one attached hydrogen (secondary N) is 2. The highest BCUT2D eigenvalue weighted by Gasteiger charge is 2.06. The molecule has 1 heterocycles. The molecule has 1 amide bonds. The zero-order chi connectivity index (χ0) is 12.1. The molecule has 0 atom stereocenters. The van der Waals surface area contributed by atoms with Gasteiger partial charge in [-0.3, -0.25) is 9.89 Å². The number of anilines is 1. The van der Waals surface area contributed by atoms with Gasteiger partial charge in [-0.05, 0) is 37.3 Å². The highest BCUT2D eigenvalue weighted by atomic mass is 16.5. The number of hydrogen-bond acceptors (Lipinski definition) is 3. The van der Waals surface area contributed by atoms with Gasteiger partial charge in [-0.25, -0.2) is 0 Å². The maximum atomic E-state index is 11.7. The van der Waals surface area contributed by atoms with Crippen molar-refractivity contribution in [3.8, 4) is 5.75 Å². The molecule has 1 aromatic heterocycles. The molecule has 2 rings (SSSR count). The molecule has 5 heteroatoms. The Morgan fingerprint density at radius 1 is 1.35 bits per heavy atom. The molecule has 0 fully saturated rings. The van der Waals surface area contributed by atoms with E-state index in [1.807, 2.05) is 19.1 Å². The van der Waals surface area contributed by atoms with E-state index in [0.29, 0.717) is 18.0 Å². The maximum absolute atomic E-state index is 11.7. The molecule has 0 spiro atoms. The van der Waals surface area contributed by atoms with Gasteiger partial charge in [0.25, 0.3) is 5.91 Å². The summed E-state index contributed by atoms with van der Waals surface area (Å²) in [5, 5.41) is 9.07. The number of ether oxygens (including phenoxy) is 1. The minimum absolute atomic E-state index is 0.216. The Morgan fingerprint density at radius 3 is 2.71 bits per heavy atom. The van der Waals surface area contributed by atoms with Crippen LogP contribution in [-0.2, 0) is 0 Å². The number of hydrogen-bond donors (Lipinski definition) is 2. The molecule has 0 unspecified atom stereocenters. The standard InChI is InChI=1S/C12H13N3O2/c1-2-17-10-5-3-9(4-6-10)14-12(16)11-7-8-13-15-11/h3-8H,2H2,1H3,(H,13,15)(H,14,16). The first-order valence-electron chi connectivity index (χ1n) is 5.33. The molecule has 2 aromatic rings. The molecular formula is C12H13N3O2. The van der Waals surface area contributed by atoms with Crippen molar-refractivity contribution in [2.24, 2.45) is 0 Å². The van der Waals surface area contributed by atoms with Gasteiger partial charge in [-0.2, -0.15) is 5.10 Å². The van der Waals surface area contributed by atoms with Crippen LogP contribution in [0.5, 0.6) is 5.75 Å². The van der Waals surface area contributed by atoms with Crippen LogP contribution in [0.3, 0.4) is 0 Å². The first-order valence-corrected chi connectivity index (χ1v) is 5.33. The summed E-state index contributed by atoms with van der Waals surface area (Å²) in [6.45, 7) is 2.55. The molecule has 0 bridgehead atoms. The van der Waals surface area contributed by atoms with Gasteiger partial charge in [0.2, 0.25) is 0 Å². The molecule has 0 aliphatic heterocycles. The van der Waals surface area contributed by atoms with Gasteiger partial charge in [0.1, 0.15) is 11.4 Å². The normalized spacial score (nSPS) is 9.94. The largest absolute Gasteiger partial charge is 0.494 e. The third-order valence-electron chi connectivity index (χ3n) is 2.17. The lowest BCUT2D eigenvalue weighted by Crippen LogP contribution is -2.12. The molecule has 0 aliphatic carbocycles. The van der Waals surface area contributed by atoms with Crippen molar-refractivity contribution < 1.29 is 9.53 Å². The highest BCUT2D eigenvalue weighted by Crippen LogP contribution is 2.16. The van der Waals surface area contributed by atoms with E-state index in [1.165, 1.54) is 6.20 Å². The van der Waals surface area contributed by atoms with Crippen LogP contribution in [0.2, 0.25) is 0 Å². The minimum atomic E-state index is -0.216. The summed E-state index contributed by atoms with van der Waals surface area (Å²) in [5.41, 5.74) is 1.15. The van der Waals surface area contributed by atoms with Gasteiger partial charge in [0.15, 0.2) is 0 Å². The van der Waals surface area contributed by atoms with E-state index in [1.54, 1.807) is 18.2 Å². The van der Waals surface area contributed by atoms with Crippen LogP contribution in [-0.4, -0.2) is 22.7 Å². The van der Waals surface area contributed by atoms with Gasteiger partial charge < -0.3 is 10.1 Å². The van der Waals surface area contributed by atoms with Crippen LogP contribution >= 0.6 is 0 Å². The summed E-state index contributed by atoms with van der Waals surface area (Å²) in [6.07, 6.45) is 1.53. The van der Waals surface area contributed by atoms with E-state index < -0.39 is 0 Å². The van der Waals surface area contributed by atoms with Crippen LogP contribution in [0.1, 0.15) is 17.4 Å². The molecule has 2 N–H and O–H groups in total. The van der Waals surface area contributed by atoms with Crippen molar-refractivity contribution in [2.75, 3.05) is 11.9 Å². The Balaban J connectivity index is 2.01. The Bertz CT molecular complexity index is 477. The van der Waals surface area contributed by atoms with Crippen molar-refractivity contribution >= 4 is 11.6 Å². The van der Waals surface area contributed by atoms with Gasteiger partial charge in [0.05, 0.1) is 6.61 Å². The maximum Gasteiger partial charge on any atom is 0.273 e. The second-order valence-corrected chi connectivity index (χ2v) is 3.38. The number of aromatic nitrogens is 2. The van der Waals surface area contributed by atoms with Crippen LogP contribution in [0.25, 0.3) is 0 Å². The number of rotatable bonds is 4. The molecule has 5 nitrogen and oxygen atoms in total. The van der Waals surface area contributed by atoms with Crippen molar-refractivity contribution in [1.29, 1.82) is 0 Å². The quantitative estimate of drug-likeness (QED) is 0.846. The fourth-order valence-electron chi connectivity index (χ4n) is 1.38. The summed E-state index contributed by atoms with van der Waals surface area (Å²) in [6, 6.07) is 8.82. The van der Waals surface area contributed by atoms with E-state index in [-0.39, 0.29) is 5.91 Å². The van der Waals surface area contributed by atoms with Crippen molar-refractivity contribution in [2.45, 2.75) is 6.92 Å². The number of carbonyl (C=O) groups excluding carboxylic acids is 1. The summed E-state index contributed by atoms with van der Waals surface area (Å²) in [4.78, 5) is 11.7. The SMILES string of the molecule is CCOc1ccc(NC(=O)c2ccn[nH]2)cc1. The van der Waals surface area contributed by atoms with Crippen LogP contribution in [0, 0.1) is 0 Å².